The summed E-state index contributed by atoms with van der Waals surface area (Å²) in [7, 11) is 2.21. The molecule has 0 bridgehead atoms. The maximum Gasteiger partial charge on any atom is 0.0408 e. The average Bonchev–Trinajstić information content (AvgIpc) is 2.39. The van der Waals surface area contributed by atoms with Gasteiger partial charge in [-0.2, -0.15) is 0 Å². The molecule has 1 aromatic rings. The number of unbranched alkanes of at least 4 members (excludes halogenated alkanes) is 1. The van der Waals surface area contributed by atoms with Crippen LogP contribution in [0.5, 0.6) is 0 Å². The van der Waals surface area contributed by atoms with Gasteiger partial charge in [-0.25, -0.2) is 0 Å². The zero-order valence-corrected chi connectivity index (χ0v) is 14.4. The molecule has 0 unspecified atom stereocenters. The van der Waals surface area contributed by atoms with Crippen molar-refractivity contribution in [1.82, 2.24) is 10.2 Å². The molecular weight excluding hydrogens is 280 g/mol. The highest BCUT2D eigenvalue weighted by Gasteiger charge is 2.29. The Balaban J connectivity index is 1.55. The standard InChI is InChI=1S/C18H29ClN2/c1-14(2)21(3)10-5-4-9-20-18-12-16(13-18)15-7-6-8-17(19)11-15/h6-8,11,14,16,18,20H,4-5,9-10,12-13H2,1-3H3. The third kappa shape index (κ3) is 5.28. The number of rotatable bonds is 8. The summed E-state index contributed by atoms with van der Waals surface area (Å²) in [5.74, 6) is 0.702. The molecule has 118 valence electrons. The summed E-state index contributed by atoms with van der Waals surface area (Å²) in [6.45, 7) is 6.86. The second-order valence-corrected chi connectivity index (χ2v) is 7.09. The van der Waals surface area contributed by atoms with Gasteiger partial charge in [-0.05, 0) is 83.3 Å². The van der Waals surface area contributed by atoms with Crippen LogP contribution < -0.4 is 5.32 Å². The van der Waals surface area contributed by atoms with Gasteiger partial charge in [0.1, 0.15) is 0 Å². The van der Waals surface area contributed by atoms with E-state index < -0.39 is 0 Å². The van der Waals surface area contributed by atoms with Crippen LogP contribution in [0, 0.1) is 0 Å². The first-order valence-electron chi connectivity index (χ1n) is 8.25. The lowest BCUT2D eigenvalue weighted by atomic mass is 9.76. The molecular formula is C18H29ClN2. The van der Waals surface area contributed by atoms with Crippen molar-refractivity contribution in [3.8, 4) is 0 Å². The first-order chi connectivity index (χ1) is 10.1. The van der Waals surface area contributed by atoms with Gasteiger partial charge < -0.3 is 10.2 Å². The lowest BCUT2D eigenvalue weighted by Gasteiger charge is -2.36. The Kier molecular flexibility index (Phi) is 6.53. The fourth-order valence-electron chi connectivity index (χ4n) is 2.87. The number of nitrogens with one attached hydrogen (secondary N) is 1. The molecule has 3 heteroatoms. The molecule has 0 radical (unpaired) electrons. The molecule has 1 fully saturated rings. The van der Waals surface area contributed by atoms with E-state index in [1.54, 1.807) is 0 Å². The summed E-state index contributed by atoms with van der Waals surface area (Å²) in [6, 6.07) is 9.69. The zero-order chi connectivity index (χ0) is 15.2. The summed E-state index contributed by atoms with van der Waals surface area (Å²) in [5, 5.41) is 4.54. The Bertz CT molecular complexity index is 427. The number of hydrogen-bond acceptors (Lipinski definition) is 2. The predicted octanol–water partition coefficient (Wildman–Crippen LogP) is 4.30. The largest absolute Gasteiger partial charge is 0.314 e. The summed E-state index contributed by atoms with van der Waals surface area (Å²) in [4.78, 5) is 2.42. The van der Waals surface area contributed by atoms with Gasteiger partial charge in [0.2, 0.25) is 0 Å². The average molecular weight is 309 g/mol. The molecule has 0 saturated heterocycles. The molecule has 1 N–H and O–H groups in total. The van der Waals surface area contributed by atoms with E-state index in [0.29, 0.717) is 18.0 Å². The second-order valence-electron chi connectivity index (χ2n) is 6.66. The van der Waals surface area contributed by atoms with Crippen LogP contribution in [-0.2, 0) is 0 Å². The Hall–Kier alpha value is -0.570. The predicted molar refractivity (Wildman–Crippen MR) is 92.2 cm³/mol. The van der Waals surface area contributed by atoms with Crippen LogP contribution >= 0.6 is 11.6 Å². The van der Waals surface area contributed by atoms with Crippen molar-refractivity contribution in [1.29, 1.82) is 0 Å². The van der Waals surface area contributed by atoms with Crippen LogP contribution in [0.2, 0.25) is 5.02 Å². The molecule has 21 heavy (non-hydrogen) atoms. The van der Waals surface area contributed by atoms with E-state index in [1.807, 2.05) is 6.07 Å². The van der Waals surface area contributed by atoms with Crippen LogP contribution in [0.1, 0.15) is 51.0 Å². The lowest BCUT2D eigenvalue weighted by molar-refractivity contribution is 0.260. The molecule has 1 aromatic carbocycles. The summed E-state index contributed by atoms with van der Waals surface area (Å²) >= 11 is 6.05. The fourth-order valence-corrected chi connectivity index (χ4v) is 3.07. The monoisotopic (exact) mass is 308 g/mol. The van der Waals surface area contributed by atoms with Crippen LogP contribution in [-0.4, -0.2) is 37.1 Å². The van der Waals surface area contributed by atoms with Gasteiger partial charge in [0, 0.05) is 17.1 Å². The topological polar surface area (TPSA) is 15.3 Å². The normalized spacial score (nSPS) is 21.8. The van der Waals surface area contributed by atoms with Crippen molar-refractivity contribution < 1.29 is 0 Å². The Morgan fingerprint density at radius 1 is 1.29 bits per heavy atom. The van der Waals surface area contributed by atoms with Crippen molar-refractivity contribution in [2.45, 2.75) is 57.5 Å². The van der Waals surface area contributed by atoms with E-state index in [2.05, 4.69) is 49.3 Å². The van der Waals surface area contributed by atoms with Gasteiger partial charge in [-0.15, -0.1) is 0 Å². The molecule has 0 spiro atoms. The summed E-state index contributed by atoms with van der Waals surface area (Å²) in [5.41, 5.74) is 1.40. The van der Waals surface area contributed by atoms with Crippen molar-refractivity contribution in [3.63, 3.8) is 0 Å². The van der Waals surface area contributed by atoms with Crippen molar-refractivity contribution in [3.05, 3.63) is 34.9 Å². The van der Waals surface area contributed by atoms with Gasteiger partial charge in [0.05, 0.1) is 0 Å². The number of halogens is 1. The first-order valence-corrected chi connectivity index (χ1v) is 8.63. The molecule has 2 nitrogen and oxygen atoms in total. The Morgan fingerprint density at radius 2 is 2.05 bits per heavy atom. The van der Waals surface area contributed by atoms with Crippen molar-refractivity contribution >= 4 is 11.6 Å². The van der Waals surface area contributed by atoms with E-state index in [-0.39, 0.29) is 0 Å². The van der Waals surface area contributed by atoms with E-state index in [9.17, 15) is 0 Å². The highest BCUT2D eigenvalue weighted by molar-refractivity contribution is 6.30. The van der Waals surface area contributed by atoms with E-state index in [0.717, 1.165) is 11.6 Å². The van der Waals surface area contributed by atoms with Crippen LogP contribution in [0.15, 0.2) is 24.3 Å². The van der Waals surface area contributed by atoms with Gasteiger partial charge in [-0.1, -0.05) is 23.7 Å². The minimum atomic E-state index is 0.656. The van der Waals surface area contributed by atoms with Crippen LogP contribution in [0.3, 0.4) is 0 Å². The number of hydrogen-bond donors (Lipinski definition) is 1. The number of benzene rings is 1. The molecule has 2 rings (SSSR count). The Morgan fingerprint density at radius 3 is 2.71 bits per heavy atom. The van der Waals surface area contributed by atoms with E-state index in [4.69, 9.17) is 11.6 Å². The lowest BCUT2D eigenvalue weighted by Crippen LogP contribution is -2.40. The van der Waals surface area contributed by atoms with Crippen molar-refractivity contribution in [2.24, 2.45) is 0 Å². The SMILES string of the molecule is CC(C)N(C)CCCCNC1CC(c2cccc(Cl)c2)C1. The molecule has 0 heterocycles. The molecule has 0 aromatic heterocycles. The van der Waals surface area contributed by atoms with Gasteiger partial charge in [0.15, 0.2) is 0 Å². The zero-order valence-electron chi connectivity index (χ0n) is 13.6. The second kappa shape index (κ2) is 8.17. The van der Waals surface area contributed by atoms with Crippen molar-refractivity contribution in [2.75, 3.05) is 20.1 Å². The Labute approximate surface area is 134 Å². The quantitative estimate of drug-likeness (QED) is 0.720. The van der Waals surface area contributed by atoms with Gasteiger partial charge >= 0.3 is 0 Å². The molecule has 0 atom stereocenters. The molecule has 0 aliphatic heterocycles. The molecule has 1 saturated carbocycles. The maximum absolute atomic E-state index is 6.05. The molecule has 1 aliphatic rings. The molecule has 0 amide bonds. The van der Waals surface area contributed by atoms with E-state index in [1.165, 1.54) is 37.8 Å². The van der Waals surface area contributed by atoms with Crippen LogP contribution in [0.25, 0.3) is 0 Å². The summed E-state index contributed by atoms with van der Waals surface area (Å²) in [6.07, 6.45) is 5.07. The summed E-state index contributed by atoms with van der Waals surface area (Å²) < 4.78 is 0. The first kappa shape index (κ1) is 16.8. The highest BCUT2D eigenvalue weighted by Crippen LogP contribution is 2.37. The maximum atomic E-state index is 6.05. The highest BCUT2D eigenvalue weighted by atomic mass is 35.5. The third-order valence-corrected chi connectivity index (χ3v) is 4.95. The minimum Gasteiger partial charge on any atom is -0.314 e. The number of nitrogens with zero attached hydrogens (tertiary/aromatic N) is 1. The fraction of sp³-hybridized carbons (Fsp3) is 0.667. The van der Waals surface area contributed by atoms with Gasteiger partial charge in [-0.3, -0.25) is 0 Å². The molecule has 1 aliphatic carbocycles. The van der Waals surface area contributed by atoms with E-state index >= 15 is 0 Å². The minimum absolute atomic E-state index is 0.656. The van der Waals surface area contributed by atoms with Gasteiger partial charge in [0.25, 0.3) is 0 Å². The smallest absolute Gasteiger partial charge is 0.0408 e. The van der Waals surface area contributed by atoms with Crippen LogP contribution in [0.4, 0.5) is 0 Å². The third-order valence-electron chi connectivity index (χ3n) is 4.71.